The van der Waals surface area contributed by atoms with Gasteiger partial charge in [0.15, 0.2) is 0 Å². The van der Waals surface area contributed by atoms with E-state index in [2.05, 4.69) is 0 Å². The van der Waals surface area contributed by atoms with Crippen molar-refractivity contribution < 1.29 is 18.3 Å². The van der Waals surface area contributed by atoms with E-state index in [0.717, 1.165) is 0 Å². The highest BCUT2D eigenvalue weighted by atomic mass is 19.3. The Morgan fingerprint density at radius 2 is 1.89 bits per heavy atom. The molecule has 0 amide bonds. The van der Waals surface area contributed by atoms with E-state index in [4.69, 9.17) is 15.2 Å². The zero-order chi connectivity index (χ0) is 13.4. The molecule has 18 heavy (non-hydrogen) atoms. The number of hydrogen-bond donors (Lipinski definition) is 1. The Kier molecular flexibility index (Phi) is 3.19. The van der Waals surface area contributed by atoms with Gasteiger partial charge >= 0.3 is 0 Å². The Bertz CT molecular complexity index is 441. The van der Waals surface area contributed by atoms with Crippen molar-refractivity contribution in [3.8, 4) is 11.5 Å². The number of nitrogens with two attached hydrogens (primary N) is 1. The number of benzene rings is 1. The van der Waals surface area contributed by atoms with Gasteiger partial charge in [0, 0.05) is 30.4 Å². The van der Waals surface area contributed by atoms with Crippen molar-refractivity contribution in [2.45, 2.75) is 24.2 Å². The number of ether oxygens (including phenoxy) is 2. The minimum absolute atomic E-state index is 0.173. The Labute approximate surface area is 105 Å². The minimum Gasteiger partial charge on any atom is -0.497 e. The third-order valence-electron chi connectivity index (χ3n) is 3.56. The van der Waals surface area contributed by atoms with Crippen molar-refractivity contribution in [2.75, 3.05) is 20.8 Å². The van der Waals surface area contributed by atoms with Gasteiger partial charge in [-0.3, -0.25) is 0 Å². The van der Waals surface area contributed by atoms with Gasteiger partial charge in [-0.2, -0.15) is 0 Å². The average molecular weight is 257 g/mol. The van der Waals surface area contributed by atoms with Crippen LogP contribution >= 0.6 is 0 Å². The van der Waals surface area contributed by atoms with Crippen LogP contribution < -0.4 is 15.2 Å². The topological polar surface area (TPSA) is 44.5 Å². The molecule has 0 heterocycles. The van der Waals surface area contributed by atoms with Crippen LogP contribution in [0.5, 0.6) is 11.5 Å². The highest BCUT2D eigenvalue weighted by Gasteiger charge is 2.57. The molecule has 0 spiro atoms. The van der Waals surface area contributed by atoms with E-state index < -0.39 is 11.3 Å². The molecule has 100 valence electrons. The predicted octanol–water partition coefficient (Wildman–Crippen LogP) is 2.33. The predicted molar refractivity (Wildman–Crippen MR) is 64.5 cm³/mol. The summed E-state index contributed by atoms with van der Waals surface area (Å²) in [7, 11) is 3.06. The molecule has 1 aliphatic rings. The second-order valence-electron chi connectivity index (χ2n) is 4.76. The molecule has 0 atom stereocenters. The van der Waals surface area contributed by atoms with Crippen LogP contribution in [0.25, 0.3) is 0 Å². The summed E-state index contributed by atoms with van der Waals surface area (Å²) < 4.78 is 36.8. The zero-order valence-electron chi connectivity index (χ0n) is 10.5. The van der Waals surface area contributed by atoms with E-state index in [9.17, 15) is 8.78 Å². The summed E-state index contributed by atoms with van der Waals surface area (Å²) in [6.07, 6.45) is -0.472. The first kappa shape index (κ1) is 13.1. The van der Waals surface area contributed by atoms with Gasteiger partial charge in [-0.1, -0.05) is 0 Å². The van der Waals surface area contributed by atoms with Crippen molar-refractivity contribution in [1.29, 1.82) is 0 Å². The van der Waals surface area contributed by atoms with Crippen molar-refractivity contribution in [3.63, 3.8) is 0 Å². The molecule has 2 N–H and O–H groups in total. The van der Waals surface area contributed by atoms with Gasteiger partial charge in [0.2, 0.25) is 5.92 Å². The van der Waals surface area contributed by atoms with E-state index >= 15 is 0 Å². The van der Waals surface area contributed by atoms with E-state index in [1.165, 1.54) is 14.2 Å². The fourth-order valence-corrected chi connectivity index (χ4v) is 2.61. The monoisotopic (exact) mass is 257 g/mol. The summed E-state index contributed by atoms with van der Waals surface area (Å²) in [5.74, 6) is -1.43. The molecule has 0 radical (unpaired) electrons. The van der Waals surface area contributed by atoms with Gasteiger partial charge in [0.25, 0.3) is 0 Å². The largest absolute Gasteiger partial charge is 0.497 e. The van der Waals surface area contributed by atoms with E-state index in [-0.39, 0.29) is 19.4 Å². The smallest absolute Gasteiger partial charge is 0.250 e. The molecule has 0 saturated heterocycles. The second kappa shape index (κ2) is 4.39. The fraction of sp³-hybridized carbons (Fsp3) is 0.538. The third kappa shape index (κ3) is 2.03. The fourth-order valence-electron chi connectivity index (χ4n) is 2.61. The molecule has 5 heteroatoms. The SMILES string of the molecule is COc1ccc(OC)c(C2(CN)CC(F)(F)C2)c1. The maximum atomic E-state index is 13.2. The van der Waals surface area contributed by atoms with Crippen LogP contribution in [-0.4, -0.2) is 26.7 Å². The molecule has 0 aliphatic heterocycles. The van der Waals surface area contributed by atoms with Gasteiger partial charge < -0.3 is 15.2 Å². The first-order chi connectivity index (χ1) is 8.46. The van der Waals surface area contributed by atoms with Gasteiger partial charge in [0.1, 0.15) is 11.5 Å². The summed E-state index contributed by atoms with van der Waals surface area (Å²) >= 11 is 0. The maximum Gasteiger partial charge on any atom is 0.250 e. The molecule has 0 bridgehead atoms. The molecule has 0 aromatic heterocycles. The summed E-state index contributed by atoms with van der Waals surface area (Å²) in [5.41, 5.74) is 5.71. The number of alkyl halides is 2. The van der Waals surface area contributed by atoms with Crippen LogP contribution in [0.3, 0.4) is 0 Å². The second-order valence-corrected chi connectivity index (χ2v) is 4.76. The number of rotatable bonds is 4. The zero-order valence-corrected chi connectivity index (χ0v) is 10.5. The van der Waals surface area contributed by atoms with Crippen molar-refractivity contribution in [2.24, 2.45) is 5.73 Å². The lowest BCUT2D eigenvalue weighted by Gasteiger charge is -2.47. The molecular formula is C13H17F2NO2. The van der Waals surface area contributed by atoms with Crippen LogP contribution in [-0.2, 0) is 5.41 Å². The van der Waals surface area contributed by atoms with Gasteiger partial charge in [0.05, 0.1) is 14.2 Å². The number of methoxy groups -OCH3 is 2. The Morgan fingerprint density at radius 1 is 1.22 bits per heavy atom. The summed E-state index contributed by atoms with van der Waals surface area (Å²) in [6, 6.07) is 5.20. The molecular weight excluding hydrogens is 240 g/mol. The summed E-state index contributed by atoms with van der Waals surface area (Å²) in [4.78, 5) is 0. The lowest BCUT2D eigenvalue weighted by Crippen LogP contribution is -2.53. The lowest BCUT2D eigenvalue weighted by atomic mass is 9.62. The van der Waals surface area contributed by atoms with Crippen LogP contribution in [0.4, 0.5) is 8.78 Å². The average Bonchev–Trinajstić information content (AvgIpc) is 2.34. The Morgan fingerprint density at radius 3 is 2.33 bits per heavy atom. The van der Waals surface area contributed by atoms with Gasteiger partial charge in [-0.15, -0.1) is 0 Å². The molecule has 1 aromatic rings. The standard InChI is InChI=1S/C13H17F2NO2/c1-17-9-3-4-11(18-2)10(5-9)12(8-16)6-13(14,15)7-12/h3-5H,6-8,16H2,1-2H3. The van der Waals surface area contributed by atoms with Crippen LogP contribution in [0.15, 0.2) is 18.2 Å². The Hall–Kier alpha value is -1.36. The number of halogens is 2. The Balaban J connectivity index is 2.42. The lowest BCUT2D eigenvalue weighted by molar-refractivity contribution is -0.124. The third-order valence-corrected chi connectivity index (χ3v) is 3.56. The van der Waals surface area contributed by atoms with E-state index in [1.807, 2.05) is 0 Å². The van der Waals surface area contributed by atoms with E-state index in [1.54, 1.807) is 18.2 Å². The minimum atomic E-state index is -2.63. The molecule has 3 nitrogen and oxygen atoms in total. The van der Waals surface area contributed by atoms with Crippen molar-refractivity contribution >= 4 is 0 Å². The molecule has 1 fully saturated rings. The highest BCUT2D eigenvalue weighted by Crippen LogP contribution is 2.55. The molecule has 2 rings (SSSR count). The number of hydrogen-bond acceptors (Lipinski definition) is 3. The highest BCUT2D eigenvalue weighted by molar-refractivity contribution is 5.47. The van der Waals surface area contributed by atoms with Crippen LogP contribution in [0.2, 0.25) is 0 Å². The van der Waals surface area contributed by atoms with Crippen LogP contribution in [0.1, 0.15) is 18.4 Å². The summed E-state index contributed by atoms with van der Waals surface area (Å²) in [6.45, 7) is 0.173. The molecule has 1 aromatic carbocycles. The molecule has 1 aliphatic carbocycles. The van der Waals surface area contributed by atoms with Crippen molar-refractivity contribution in [3.05, 3.63) is 23.8 Å². The summed E-state index contributed by atoms with van der Waals surface area (Å²) in [5, 5.41) is 0. The van der Waals surface area contributed by atoms with Crippen LogP contribution in [0, 0.1) is 0 Å². The first-order valence-electron chi connectivity index (χ1n) is 5.77. The van der Waals surface area contributed by atoms with E-state index in [0.29, 0.717) is 17.1 Å². The van der Waals surface area contributed by atoms with Gasteiger partial charge in [-0.05, 0) is 18.2 Å². The molecule has 0 unspecified atom stereocenters. The maximum absolute atomic E-state index is 13.2. The normalized spacial score (nSPS) is 20.1. The quantitative estimate of drug-likeness (QED) is 0.900. The molecule has 1 saturated carbocycles. The van der Waals surface area contributed by atoms with Crippen molar-refractivity contribution in [1.82, 2.24) is 0 Å². The first-order valence-corrected chi connectivity index (χ1v) is 5.77. The van der Waals surface area contributed by atoms with Gasteiger partial charge in [-0.25, -0.2) is 8.78 Å².